The van der Waals surface area contributed by atoms with Crippen LogP contribution in [0.5, 0.6) is 0 Å². The molecule has 1 aliphatic heterocycles. The summed E-state index contributed by atoms with van der Waals surface area (Å²) in [4.78, 5) is 9.49. The van der Waals surface area contributed by atoms with Gasteiger partial charge in [-0.15, -0.1) is 0 Å². The van der Waals surface area contributed by atoms with Crippen molar-refractivity contribution >= 4 is 28.2 Å². The van der Waals surface area contributed by atoms with Crippen molar-refractivity contribution in [3.8, 4) is 0 Å². The van der Waals surface area contributed by atoms with E-state index in [1.54, 1.807) is 0 Å². The van der Waals surface area contributed by atoms with Crippen molar-refractivity contribution in [2.45, 2.75) is 6.42 Å². The third-order valence-corrected chi connectivity index (χ3v) is 5.22. The van der Waals surface area contributed by atoms with E-state index in [4.69, 9.17) is 11.6 Å². The molecule has 3 aromatic rings. The van der Waals surface area contributed by atoms with Gasteiger partial charge in [0, 0.05) is 38.1 Å². The highest BCUT2D eigenvalue weighted by Crippen LogP contribution is 2.26. The van der Waals surface area contributed by atoms with Gasteiger partial charge in [-0.05, 0) is 23.4 Å². The molecule has 0 unspecified atom stereocenters. The van der Waals surface area contributed by atoms with Gasteiger partial charge in [-0.1, -0.05) is 66.2 Å². The van der Waals surface area contributed by atoms with Crippen molar-refractivity contribution in [3.63, 3.8) is 0 Å². The van der Waals surface area contributed by atoms with Gasteiger partial charge in [-0.25, -0.2) is 4.98 Å². The number of hydrogen-bond acceptors (Lipinski definition) is 3. The van der Waals surface area contributed by atoms with Crippen molar-refractivity contribution in [2.24, 2.45) is 0 Å². The fraction of sp³-hybridized carbons (Fsp3) is 0.286. The highest BCUT2D eigenvalue weighted by Gasteiger charge is 2.18. The minimum absolute atomic E-state index is 0.597. The number of benzene rings is 2. The quantitative estimate of drug-likeness (QED) is 0.655. The van der Waals surface area contributed by atoms with Crippen LogP contribution in [0, 0.1) is 0 Å². The molecule has 2 heterocycles. The summed E-state index contributed by atoms with van der Waals surface area (Å²) in [7, 11) is 0. The second kappa shape index (κ2) is 7.42. The summed E-state index contributed by atoms with van der Waals surface area (Å²) < 4.78 is 0. The molecule has 1 saturated heterocycles. The van der Waals surface area contributed by atoms with Crippen molar-refractivity contribution in [3.05, 3.63) is 71.4 Å². The van der Waals surface area contributed by atoms with Crippen LogP contribution in [0.3, 0.4) is 0 Å². The fourth-order valence-corrected chi connectivity index (χ4v) is 3.70. The number of nitrogens with zero attached hydrogens (tertiary/aromatic N) is 3. The van der Waals surface area contributed by atoms with E-state index in [1.165, 1.54) is 5.56 Å². The lowest BCUT2D eigenvalue weighted by molar-refractivity contribution is 0.260. The molecule has 1 aliphatic rings. The Balaban J connectivity index is 1.38. The van der Waals surface area contributed by atoms with Crippen molar-refractivity contribution < 1.29 is 0 Å². The first-order valence-corrected chi connectivity index (χ1v) is 9.24. The molecule has 0 saturated carbocycles. The lowest BCUT2D eigenvalue weighted by atomic mass is 10.1. The molecule has 4 rings (SSSR count). The molecule has 0 spiro atoms. The van der Waals surface area contributed by atoms with Crippen LogP contribution in [0.25, 0.3) is 10.8 Å². The molecule has 128 valence electrons. The summed E-state index contributed by atoms with van der Waals surface area (Å²) in [5.41, 5.74) is 1.41. The Labute approximate surface area is 153 Å². The molecule has 0 atom stereocenters. The number of fused-ring (bicyclic) bond motifs is 1. The van der Waals surface area contributed by atoms with Gasteiger partial charge in [0.2, 0.25) is 0 Å². The van der Waals surface area contributed by atoms with Crippen LogP contribution >= 0.6 is 11.6 Å². The van der Waals surface area contributed by atoms with Gasteiger partial charge in [0.1, 0.15) is 11.0 Å². The van der Waals surface area contributed by atoms with Crippen LogP contribution in [0.15, 0.2) is 60.7 Å². The number of aromatic nitrogens is 1. The maximum absolute atomic E-state index is 6.38. The van der Waals surface area contributed by atoms with E-state index in [-0.39, 0.29) is 0 Å². The molecule has 0 bridgehead atoms. The monoisotopic (exact) mass is 351 g/mol. The van der Waals surface area contributed by atoms with Crippen LogP contribution in [0.4, 0.5) is 5.82 Å². The Morgan fingerprint density at radius 1 is 0.880 bits per heavy atom. The molecular weight excluding hydrogens is 330 g/mol. The minimum atomic E-state index is 0.597. The standard InChI is InChI=1S/C21H22ClN3/c22-21-19-9-5-4-8-18(19)16-20(23-21)25-14-12-24(13-15-25)11-10-17-6-2-1-3-7-17/h1-9,16H,10-15H2. The van der Waals surface area contributed by atoms with Crippen LogP contribution in [-0.2, 0) is 6.42 Å². The van der Waals surface area contributed by atoms with Crippen LogP contribution < -0.4 is 4.90 Å². The highest BCUT2D eigenvalue weighted by atomic mass is 35.5. The van der Waals surface area contributed by atoms with Gasteiger partial charge in [0.25, 0.3) is 0 Å². The Bertz CT molecular complexity index is 842. The molecule has 0 aliphatic carbocycles. The predicted octanol–water partition coefficient (Wildman–Crippen LogP) is 4.25. The zero-order valence-corrected chi connectivity index (χ0v) is 15.0. The summed E-state index contributed by atoms with van der Waals surface area (Å²) in [6, 6.07) is 21.0. The molecule has 1 aromatic heterocycles. The van der Waals surface area contributed by atoms with E-state index in [1.807, 2.05) is 18.2 Å². The first-order valence-electron chi connectivity index (χ1n) is 8.86. The largest absolute Gasteiger partial charge is 0.354 e. The average Bonchev–Trinajstić information content (AvgIpc) is 2.68. The van der Waals surface area contributed by atoms with E-state index < -0.39 is 0 Å². The number of pyridine rings is 1. The maximum atomic E-state index is 6.38. The number of anilines is 1. The summed E-state index contributed by atoms with van der Waals surface area (Å²) in [6.07, 6.45) is 1.11. The molecule has 0 radical (unpaired) electrons. The molecule has 0 N–H and O–H groups in total. The molecular formula is C21H22ClN3. The van der Waals surface area contributed by atoms with E-state index in [2.05, 4.69) is 57.2 Å². The summed E-state index contributed by atoms with van der Waals surface area (Å²) in [5, 5.41) is 2.78. The summed E-state index contributed by atoms with van der Waals surface area (Å²) in [5.74, 6) is 0.992. The summed E-state index contributed by atoms with van der Waals surface area (Å²) >= 11 is 6.38. The second-order valence-electron chi connectivity index (χ2n) is 6.56. The lowest BCUT2D eigenvalue weighted by Gasteiger charge is -2.35. The third-order valence-electron chi connectivity index (χ3n) is 4.94. The minimum Gasteiger partial charge on any atom is -0.354 e. The van der Waals surface area contributed by atoms with Gasteiger partial charge in [-0.2, -0.15) is 0 Å². The van der Waals surface area contributed by atoms with Gasteiger partial charge in [0.15, 0.2) is 0 Å². The van der Waals surface area contributed by atoms with Crippen LogP contribution in [-0.4, -0.2) is 42.6 Å². The molecule has 3 nitrogen and oxygen atoms in total. The average molecular weight is 352 g/mol. The van der Waals surface area contributed by atoms with Gasteiger partial charge in [-0.3, -0.25) is 4.90 Å². The number of halogens is 1. The molecule has 4 heteroatoms. The Morgan fingerprint density at radius 2 is 1.60 bits per heavy atom. The first-order chi connectivity index (χ1) is 12.3. The number of hydrogen-bond donors (Lipinski definition) is 0. The normalized spacial score (nSPS) is 15.6. The van der Waals surface area contributed by atoms with Crippen molar-refractivity contribution in [2.75, 3.05) is 37.6 Å². The molecule has 2 aromatic carbocycles. The Kier molecular flexibility index (Phi) is 4.86. The SMILES string of the molecule is Clc1nc(N2CCN(CCc3ccccc3)CC2)cc2ccccc12. The van der Waals surface area contributed by atoms with E-state index in [0.717, 1.165) is 55.7 Å². The third kappa shape index (κ3) is 3.78. The van der Waals surface area contributed by atoms with Crippen molar-refractivity contribution in [1.82, 2.24) is 9.88 Å². The van der Waals surface area contributed by atoms with Crippen LogP contribution in [0.2, 0.25) is 5.15 Å². The highest BCUT2D eigenvalue weighted by molar-refractivity contribution is 6.34. The number of piperazine rings is 1. The Hall–Kier alpha value is -2.10. The summed E-state index contributed by atoms with van der Waals surface area (Å²) in [6.45, 7) is 5.24. The zero-order valence-electron chi connectivity index (χ0n) is 14.2. The topological polar surface area (TPSA) is 19.4 Å². The van der Waals surface area contributed by atoms with Gasteiger partial charge >= 0.3 is 0 Å². The predicted molar refractivity (Wildman–Crippen MR) is 106 cm³/mol. The lowest BCUT2D eigenvalue weighted by Crippen LogP contribution is -2.47. The van der Waals surface area contributed by atoms with E-state index in [9.17, 15) is 0 Å². The number of rotatable bonds is 4. The molecule has 1 fully saturated rings. The van der Waals surface area contributed by atoms with Gasteiger partial charge in [0.05, 0.1) is 0 Å². The van der Waals surface area contributed by atoms with Gasteiger partial charge < -0.3 is 4.90 Å². The second-order valence-corrected chi connectivity index (χ2v) is 6.91. The van der Waals surface area contributed by atoms with Crippen LogP contribution in [0.1, 0.15) is 5.56 Å². The smallest absolute Gasteiger partial charge is 0.139 e. The maximum Gasteiger partial charge on any atom is 0.139 e. The fourth-order valence-electron chi connectivity index (χ4n) is 3.44. The Morgan fingerprint density at radius 3 is 2.40 bits per heavy atom. The molecule has 0 amide bonds. The first kappa shape index (κ1) is 16.4. The van der Waals surface area contributed by atoms with Crippen molar-refractivity contribution in [1.29, 1.82) is 0 Å². The molecule has 25 heavy (non-hydrogen) atoms. The van der Waals surface area contributed by atoms with E-state index >= 15 is 0 Å². The van der Waals surface area contributed by atoms with E-state index in [0.29, 0.717) is 5.15 Å². The zero-order chi connectivity index (χ0) is 17.1.